The number of nitrogens with zero attached hydrogens (tertiary/aromatic N) is 7. The number of carbonyl (C=O) groups is 1. The molecule has 2 heterocycles. The summed E-state index contributed by atoms with van der Waals surface area (Å²) >= 11 is 0. The fourth-order valence-electron chi connectivity index (χ4n) is 4.41. The summed E-state index contributed by atoms with van der Waals surface area (Å²) in [5.41, 5.74) is 5.09. The Balaban J connectivity index is 1.76. The smallest absolute Gasteiger partial charge is 0.247 e. The van der Waals surface area contributed by atoms with Gasteiger partial charge in [-0.1, -0.05) is 13.5 Å². The van der Waals surface area contributed by atoms with Gasteiger partial charge in [0, 0.05) is 43.4 Å². The third kappa shape index (κ3) is 6.28. The Morgan fingerprint density at radius 2 is 1.98 bits per heavy atom. The number of likely N-dealkylation sites (N-methyl/N-ethyl adjacent to an activating group) is 2. The summed E-state index contributed by atoms with van der Waals surface area (Å²) in [6, 6.07) is 11.4. The Kier molecular flexibility index (Phi) is 8.84. The molecule has 2 N–H and O–H groups in total. The van der Waals surface area contributed by atoms with Gasteiger partial charge in [-0.3, -0.25) is 4.79 Å². The van der Waals surface area contributed by atoms with Crippen molar-refractivity contribution in [2.45, 2.75) is 20.3 Å². The lowest BCUT2D eigenvalue weighted by atomic mass is 10.1. The second-order valence-electron chi connectivity index (χ2n) is 9.87. The summed E-state index contributed by atoms with van der Waals surface area (Å²) in [6.07, 6.45) is 3.66. The van der Waals surface area contributed by atoms with Gasteiger partial charge in [-0.2, -0.15) is 15.3 Å². The first-order valence-electron chi connectivity index (χ1n) is 13.2. The van der Waals surface area contributed by atoms with E-state index in [9.17, 15) is 10.1 Å². The average molecular weight is 554 g/mol. The molecule has 4 rings (SSSR count). The molecule has 0 aliphatic rings. The van der Waals surface area contributed by atoms with E-state index in [0.29, 0.717) is 40.9 Å². The van der Waals surface area contributed by atoms with Crippen molar-refractivity contribution < 1.29 is 9.53 Å². The number of hydrogen-bond donors (Lipinski definition) is 2. The Labute approximate surface area is 240 Å². The molecule has 0 bridgehead atoms. The molecule has 0 spiro atoms. The van der Waals surface area contributed by atoms with Crippen LogP contribution >= 0.6 is 0 Å². The molecule has 212 valence electrons. The number of hydrogen-bond acceptors (Lipinski definition) is 9. The van der Waals surface area contributed by atoms with Crippen LogP contribution in [0.4, 0.5) is 23.0 Å². The SMILES string of the molecule is C=CC(=O)Nc1cc(Nc2ncc(C)c(-n3nc(CC)c4cc(C#N)ccc43)n2)c(OC)cc1N(C)CCN(C)C. The van der Waals surface area contributed by atoms with Gasteiger partial charge in [0.2, 0.25) is 11.9 Å². The van der Waals surface area contributed by atoms with Crippen molar-refractivity contribution in [3.63, 3.8) is 0 Å². The van der Waals surface area contributed by atoms with Gasteiger partial charge in [-0.05, 0) is 57.8 Å². The lowest BCUT2D eigenvalue weighted by Crippen LogP contribution is -2.29. The maximum Gasteiger partial charge on any atom is 0.247 e. The van der Waals surface area contributed by atoms with Crippen LogP contribution in [0.5, 0.6) is 5.75 Å². The number of aryl methyl sites for hydroxylation is 2. The zero-order valence-electron chi connectivity index (χ0n) is 24.3. The van der Waals surface area contributed by atoms with Gasteiger partial charge in [0.15, 0.2) is 5.82 Å². The predicted octanol–water partition coefficient (Wildman–Crippen LogP) is 4.43. The van der Waals surface area contributed by atoms with E-state index in [1.54, 1.807) is 30.1 Å². The van der Waals surface area contributed by atoms with Gasteiger partial charge in [-0.15, -0.1) is 0 Å². The van der Waals surface area contributed by atoms with Crippen LogP contribution in [0.3, 0.4) is 0 Å². The number of rotatable bonds is 11. The molecule has 0 aliphatic carbocycles. The molecule has 0 unspecified atom stereocenters. The topological polar surface area (TPSA) is 124 Å². The number of anilines is 4. The Morgan fingerprint density at radius 1 is 1.20 bits per heavy atom. The minimum atomic E-state index is -0.325. The van der Waals surface area contributed by atoms with E-state index in [1.807, 2.05) is 53.2 Å². The molecular weight excluding hydrogens is 518 g/mol. The second kappa shape index (κ2) is 12.5. The van der Waals surface area contributed by atoms with Crippen LogP contribution in [0.25, 0.3) is 16.7 Å². The lowest BCUT2D eigenvalue weighted by molar-refractivity contribution is -0.111. The standard InChI is InChI=1S/C30H35N9O2/c1-8-22-21-14-20(17-31)10-11-25(21)39(36-22)29-19(3)18-32-30(35-29)34-24-15-23(33-28(40)9-2)26(16-27(24)41-7)38(6)13-12-37(4)5/h9-11,14-16,18H,2,8,12-13H2,1,3-7H3,(H,33,40)(H,32,34,35). The highest BCUT2D eigenvalue weighted by atomic mass is 16.5. The summed E-state index contributed by atoms with van der Waals surface area (Å²) < 4.78 is 7.51. The molecule has 0 aliphatic heterocycles. The normalized spacial score (nSPS) is 10.9. The minimum Gasteiger partial charge on any atom is -0.494 e. The van der Waals surface area contributed by atoms with Gasteiger partial charge in [0.1, 0.15) is 5.75 Å². The van der Waals surface area contributed by atoms with Crippen LogP contribution in [0.15, 0.2) is 49.2 Å². The van der Waals surface area contributed by atoms with Crippen molar-refractivity contribution in [2.75, 3.05) is 56.9 Å². The van der Waals surface area contributed by atoms with Crippen molar-refractivity contribution in [2.24, 2.45) is 0 Å². The fourth-order valence-corrected chi connectivity index (χ4v) is 4.41. The predicted molar refractivity (Wildman–Crippen MR) is 162 cm³/mol. The summed E-state index contributed by atoms with van der Waals surface area (Å²) in [5, 5.41) is 21.3. The molecule has 1 amide bonds. The minimum absolute atomic E-state index is 0.325. The van der Waals surface area contributed by atoms with E-state index in [-0.39, 0.29) is 5.91 Å². The summed E-state index contributed by atoms with van der Waals surface area (Å²) in [5.74, 6) is 1.17. The molecule has 41 heavy (non-hydrogen) atoms. The number of nitrogens with one attached hydrogen (secondary N) is 2. The maximum atomic E-state index is 12.3. The average Bonchev–Trinajstić information content (AvgIpc) is 3.34. The van der Waals surface area contributed by atoms with Gasteiger partial charge in [0.05, 0.1) is 47.0 Å². The van der Waals surface area contributed by atoms with Crippen molar-refractivity contribution in [3.05, 3.63) is 66.0 Å². The Bertz CT molecular complexity index is 1640. The molecule has 0 fully saturated rings. The van der Waals surface area contributed by atoms with Gasteiger partial charge in [-0.25, -0.2) is 9.67 Å². The lowest BCUT2D eigenvalue weighted by Gasteiger charge is -2.26. The monoisotopic (exact) mass is 553 g/mol. The number of ether oxygens (including phenoxy) is 1. The highest BCUT2D eigenvalue weighted by Crippen LogP contribution is 2.38. The van der Waals surface area contributed by atoms with Crippen LogP contribution in [0.2, 0.25) is 0 Å². The van der Waals surface area contributed by atoms with E-state index in [4.69, 9.17) is 14.8 Å². The van der Waals surface area contributed by atoms with Gasteiger partial charge in [0.25, 0.3) is 0 Å². The van der Waals surface area contributed by atoms with E-state index in [0.717, 1.165) is 40.9 Å². The third-order valence-corrected chi connectivity index (χ3v) is 6.67. The Morgan fingerprint density at radius 3 is 2.63 bits per heavy atom. The van der Waals surface area contributed by atoms with Crippen LogP contribution in [-0.2, 0) is 11.2 Å². The molecule has 2 aromatic carbocycles. The zero-order valence-corrected chi connectivity index (χ0v) is 24.3. The van der Waals surface area contributed by atoms with E-state index < -0.39 is 0 Å². The Hall–Kier alpha value is -4.95. The number of carbonyl (C=O) groups excluding carboxylic acids is 1. The quantitative estimate of drug-likeness (QED) is 0.260. The summed E-state index contributed by atoms with van der Waals surface area (Å²) in [7, 11) is 7.57. The summed E-state index contributed by atoms with van der Waals surface area (Å²) in [6.45, 7) is 9.09. The molecular formula is C30H35N9O2. The van der Waals surface area contributed by atoms with Crippen LogP contribution < -0.4 is 20.3 Å². The molecule has 4 aromatic rings. The number of fused-ring (bicyclic) bond motifs is 1. The molecule has 0 saturated carbocycles. The number of aromatic nitrogens is 4. The number of amides is 1. The van der Waals surface area contributed by atoms with E-state index in [1.165, 1.54) is 6.08 Å². The van der Waals surface area contributed by atoms with Crippen molar-refractivity contribution in [3.8, 4) is 17.6 Å². The molecule has 0 saturated heterocycles. The largest absolute Gasteiger partial charge is 0.494 e. The summed E-state index contributed by atoms with van der Waals surface area (Å²) in [4.78, 5) is 25.7. The molecule has 0 atom stereocenters. The van der Waals surface area contributed by atoms with Crippen LogP contribution in [0.1, 0.15) is 23.7 Å². The van der Waals surface area contributed by atoms with Gasteiger partial charge >= 0.3 is 0 Å². The number of nitriles is 1. The first-order valence-corrected chi connectivity index (χ1v) is 13.2. The second-order valence-corrected chi connectivity index (χ2v) is 9.87. The highest BCUT2D eigenvalue weighted by Gasteiger charge is 2.19. The van der Waals surface area contributed by atoms with Crippen LogP contribution in [0, 0.1) is 18.3 Å². The fraction of sp³-hybridized carbons (Fsp3) is 0.300. The molecule has 11 nitrogen and oxygen atoms in total. The number of methoxy groups -OCH3 is 1. The van der Waals surface area contributed by atoms with Crippen molar-refractivity contribution >= 4 is 39.8 Å². The molecule has 2 aromatic heterocycles. The first-order chi connectivity index (χ1) is 19.7. The zero-order chi connectivity index (χ0) is 29.7. The van der Waals surface area contributed by atoms with E-state index in [2.05, 4.69) is 38.1 Å². The van der Waals surface area contributed by atoms with Gasteiger partial charge < -0.3 is 25.2 Å². The highest BCUT2D eigenvalue weighted by molar-refractivity contribution is 6.02. The third-order valence-electron chi connectivity index (χ3n) is 6.67. The molecule has 0 radical (unpaired) electrons. The maximum absolute atomic E-state index is 12.3. The van der Waals surface area contributed by atoms with Crippen LogP contribution in [-0.4, -0.2) is 71.9 Å². The molecule has 11 heteroatoms. The van der Waals surface area contributed by atoms with Crippen molar-refractivity contribution in [1.29, 1.82) is 5.26 Å². The number of benzene rings is 2. The van der Waals surface area contributed by atoms with E-state index >= 15 is 0 Å². The van der Waals surface area contributed by atoms with Crippen molar-refractivity contribution in [1.82, 2.24) is 24.6 Å². The first kappa shape index (κ1) is 29.0.